The summed E-state index contributed by atoms with van der Waals surface area (Å²) in [7, 11) is 0. The Kier molecular flexibility index (Phi) is 4.64. The average molecular weight is 320 g/mol. The molecule has 1 fully saturated rings. The highest BCUT2D eigenvalue weighted by Gasteiger charge is 2.17. The Labute approximate surface area is 135 Å². The molecule has 6 heteroatoms. The molecular formula is C16H22ClN5. The zero-order valence-corrected chi connectivity index (χ0v) is 13.7. The number of halogens is 1. The number of rotatable bonds is 4. The Balaban J connectivity index is 1.87. The van der Waals surface area contributed by atoms with Crippen molar-refractivity contribution in [2.24, 2.45) is 0 Å². The van der Waals surface area contributed by atoms with E-state index in [1.54, 1.807) is 6.20 Å². The van der Waals surface area contributed by atoms with Crippen LogP contribution in [0.4, 0.5) is 5.82 Å². The number of H-pyrrole nitrogens is 1. The predicted molar refractivity (Wildman–Crippen MR) is 90.4 cm³/mol. The quantitative estimate of drug-likeness (QED) is 0.808. The monoisotopic (exact) mass is 319 g/mol. The first kappa shape index (κ1) is 15.3. The van der Waals surface area contributed by atoms with Gasteiger partial charge in [0.2, 0.25) is 0 Å². The number of aromatic nitrogens is 3. The molecule has 0 radical (unpaired) electrons. The van der Waals surface area contributed by atoms with Crippen LogP contribution in [0.2, 0.25) is 5.02 Å². The maximum absolute atomic E-state index is 6.37. The van der Waals surface area contributed by atoms with Crippen molar-refractivity contribution in [3.63, 3.8) is 0 Å². The van der Waals surface area contributed by atoms with E-state index in [1.807, 2.05) is 12.3 Å². The lowest BCUT2D eigenvalue weighted by Crippen LogP contribution is -2.35. The van der Waals surface area contributed by atoms with Gasteiger partial charge in [0.15, 0.2) is 0 Å². The summed E-state index contributed by atoms with van der Waals surface area (Å²) in [5, 5.41) is 14.8. The molecule has 3 N–H and O–H groups in total. The molecule has 0 atom stereocenters. The smallest absolute Gasteiger partial charge is 0.126 e. The van der Waals surface area contributed by atoms with Crippen LogP contribution in [-0.2, 0) is 0 Å². The van der Waals surface area contributed by atoms with Crippen LogP contribution in [-0.4, -0.2) is 34.3 Å². The summed E-state index contributed by atoms with van der Waals surface area (Å²) in [5.41, 5.74) is 3.13. The SMILES string of the molecule is CC(C)c1[nH]ncc1-c1cc(NC2CCNCC2)ncc1Cl. The number of piperidine rings is 1. The Morgan fingerprint density at radius 1 is 1.23 bits per heavy atom. The lowest BCUT2D eigenvalue weighted by atomic mass is 10.0. The lowest BCUT2D eigenvalue weighted by molar-refractivity contribution is 0.478. The highest BCUT2D eigenvalue weighted by molar-refractivity contribution is 6.33. The van der Waals surface area contributed by atoms with Gasteiger partial charge < -0.3 is 10.6 Å². The molecule has 0 aromatic carbocycles. The molecule has 2 aromatic rings. The fourth-order valence-electron chi connectivity index (χ4n) is 2.85. The molecular weight excluding hydrogens is 298 g/mol. The molecule has 2 aromatic heterocycles. The molecule has 0 bridgehead atoms. The van der Waals surface area contributed by atoms with E-state index in [-0.39, 0.29) is 0 Å². The van der Waals surface area contributed by atoms with E-state index in [2.05, 4.69) is 39.7 Å². The minimum Gasteiger partial charge on any atom is -0.367 e. The van der Waals surface area contributed by atoms with Crippen LogP contribution in [0.5, 0.6) is 0 Å². The first-order chi connectivity index (χ1) is 10.6. The zero-order valence-electron chi connectivity index (χ0n) is 13.0. The summed E-state index contributed by atoms with van der Waals surface area (Å²) in [6, 6.07) is 2.50. The minimum atomic E-state index is 0.363. The predicted octanol–water partition coefficient (Wildman–Crippen LogP) is 3.41. The number of nitrogens with zero attached hydrogens (tertiary/aromatic N) is 2. The van der Waals surface area contributed by atoms with Crippen LogP contribution in [0.3, 0.4) is 0 Å². The second-order valence-corrected chi connectivity index (χ2v) is 6.48. The van der Waals surface area contributed by atoms with Crippen molar-refractivity contribution in [2.45, 2.75) is 38.6 Å². The Bertz CT molecular complexity index is 631. The van der Waals surface area contributed by atoms with Gasteiger partial charge in [-0.3, -0.25) is 5.10 Å². The molecule has 0 amide bonds. The number of nitrogens with one attached hydrogen (secondary N) is 3. The van der Waals surface area contributed by atoms with E-state index in [0.29, 0.717) is 17.0 Å². The van der Waals surface area contributed by atoms with Crippen LogP contribution >= 0.6 is 11.6 Å². The van der Waals surface area contributed by atoms with Gasteiger partial charge in [0.25, 0.3) is 0 Å². The van der Waals surface area contributed by atoms with Crippen molar-refractivity contribution in [1.29, 1.82) is 0 Å². The van der Waals surface area contributed by atoms with Crippen LogP contribution in [0.25, 0.3) is 11.1 Å². The van der Waals surface area contributed by atoms with Crippen molar-refractivity contribution >= 4 is 17.4 Å². The molecule has 1 saturated heterocycles. The topological polar surface area (TPSA) is 65.6 Å². The van der Waals surface area contributed by atoms with Crippen LogP contribution in [0.1, 0.15) is 38.3 Å². The van der Waals surface area contributed by atoms with Gasteiger partial charge in [-0.05, 0) is 37.9 Å². The molecule has 0 aliphatic carbocycles. The summed E-state index contributed by atoms with van der Waals surface area (Å²) in [5.74, 6) is 1.24. The molecule has 0 unspecified atom stereocenters. The second kappa shape index (κ2) is 6.67. The molecule has 118 valence electrons. The van der Waals surface area contributed by atoms with E-state index < -0.39 is 0 Å². The highest BCUT2D eigenvalue weighted by atomic mass is 35.5. The molecule has 5 nitrogen and oxygen atoms in total. The number of pyridine rings is 1. The van der Waals surface area contributed by atoms with Crippen LogP contribution in [0.15, 0.2) is 18.5 Å². The first-order valence-corrected chi connectivity index (χ1v) is 8.19. The fraction of sp³-hybridized carbons (Fsp3) is 0.500. The molecule has 1 aliphatic rings. The van der Waals surface area contributed by atoms with E-state index >= 15 is 0 Å². The van der Waals surface area contributed by atoms with Gasteiger partial charge in [-0.15, -0.1) is 0 Å². The van der Waals surface area contributed by atoms with Gasteiger partial charge in [0, 0.05) is 29.1 Å². The van der Waals surface area contributed by atoms with Gasteiger partial charge in [-0.2, -0.15) is 5.10 Å². The Hall–Kier alpha value is -1.59. The highest BCUT2D eigenvalue weighted by Crippen LogP contribution is 2.33. The Morgan fingerprint density at radius 3 is 2.73 bits per heavy atom. The van der Waals surface area contributed by atoms with E-state index in [4.69, 9.17) is 11.6 Å². The van der Waals surface area contributed by atoms with Gasteiger partial charge in [-0.1, -0.05) is 25.4 Å². The molecule has 1 aliphatic heterocycles. The summed E-state index contributed by atoms with van der Waals surface area (Å²) >= 11 is 6.37. The van der Waals surface area contributed by atoms with Gasteiger partial charge in [-0.25, -0.2) is 4.98 Å². The fourth-order valence-corrected chi connectivity index (χ4v) is 3.06. The number of hydrogen-bond donors (Lipinski definition) is 3. The molecule has 22 heavy (non-hydrogen) atoms. The summed E-state index contributed by atoms with van der Waals surface area (Å²) in [4.78, 5) is 4.42. The van der Waals surface area contributed by atoms with E-state index in [1.165, 1.54) is 0 Å². The number of anilines is 1. The van der Waals surface area contributed by atoms with Crippen molar-refractivity contribution in [3.05, 3.63) is 29.2 Å². The first-order valence-electron chi connectivity index (χ1n) is 7.81. The largest absolute Gasteiger partial charge is 0.367 e. The maximum Gasteiger partial charge on any atom is 0.126 e. The number of aromatic amines is 1. The van der Waals surface area contributed by atoms with Gasteiger partial charge in [0.1, 0.15) is 5.82 Å². The van der Waals surface area contributed by atoms with Crippen molar-refractivity contribution in [2.75, 3.05) is 18.4 Å². The van der Waals surface area contributed by atoms with E-state index in [0.717, 1.165) is 48.6 Å². The molecule has 3 rings (SSSR count). The molecule has 0 spiro atoms. The Morgan fingerprint density at radius 2 is 2.00 bits per heavy atom. The van der Waals surface area contributed by atoms with Crippen molar-refractivity contribution in [3.8, 4) is 11.1 Å². The van der Waals surface area contributed by atoms with E-state index in [9.17, 15) is 0 Å². The average Bonchev–Trinajstić information content (AvgIpc) is 3.00. The zero-order chi connectivity index (χ0) is 15.5. The van der Waals surface area contributed by atoms with Crippen molar-refractivity contribution < 1.29 is 0 Å². The minimum absolute atomic E-state index is 0.363. The molecule has 0 saturated carbocycles. The third kappa shape index (κ3) is 3.25. The van der Waals surface area contributed by atoms with Crippen LogP contribution in [0, 0.1) is 0 Å². The summed E-state index contributed by atoms with van der Waals surface area (Å²) in [6.45, 7) is 6.38. The summed E-state index contributed by atoms with van der Waals surface area (Å²) < 4.78 is 0. The number of hydrogen-bond acceptors (Lipinski definition) is 4. The normalized spacial score (nSPS) is 16.2. The van der Waals surface area contributed by atoms with Crippen molar-refractivity contribution in [1.82, 2.24) is 20.5 Å². The van der Waals surface area contributed by atoms with Gasteiger partial charge >= 0.3 is 0 Å². The van der Waals surface area contributed by atoms with Gasteiger partial charge in [0.05, 0.1) is 11.2 Å². The third-order valence-corrected chi connectivity index (χ3v) is 4.38. The maximum atomic E-state index is 6.37. The van der Waals surface area contributed by atoms with Crippen LogP contribution < -0.4 is 10.6 Å². The molecule has 3 heterocycles. The second-order valence-electron chi connectivity index (χ2n) is 6.07. The summed E-state index contributed by atoms with van der Waals surface area (Å²) in [6.07, 6.45) is 5.79. The third-order valence-electron chi connectivity index (χ3n) is 4.08. The lowest BCUT2D eigenvalue weighted by Gasteiger charge is -2.24. The standard InChI is InChI=1S/C16H22ClN5/c1-10(2)16-13(8-20-22-16)12-7-15(19-9-14(12)17)21-11-3-5-18-6-4-11/h7-11,18H,3-6H2,1-2H3,(H,19,21)(H,20,22).